The molecule has 7 nitrogen and oxygen atoms in total. The summed E-state index contributed by atoms with van der Waals surface area (Å²) in [4.78, 5) is 25.8. The molecule has 23 heavy (non-hydrogen) atoms. The average molecular weight is 318 g/mol. The molecule has 0 bridgehead atoms. The number of rotatable bonds is 3. The average Bonchev–Trinajstić information content (AvgIpc) is 2.96. The van der Waals surface area contributed by atoms with Crippen LogP contribution < -0.4 is 20.9 Å². The molecule has 2 saturated heterocycles. The molecule has 3 rings (SSSR count). The fraction of sp³-hybridized carbons (Fsp3) is 0.688. The minimum absolute atomic E-state index is 0.00580. The summed E-state index contributed by atoms with van der Waals surface area (Å²) in [5.41, 5.74) is 7.01. The van der Waals surface area contributed by atoms with Crippen molar-refractivity contribution in [1.82, 2.24) is 15.3 Å². The zero-order valence-electron chi connectivity index (χ0n) is 14.0. The van der Waals surface area contributed by atoms with Crippen molar-refractivity contribution in [3.63, 3.8) is 0 Å². The quantitative estimate of drug-likeness (QED) is 0.840. The SMILES string of the molecule is CNC(=O)[C@@H]1C[C@@H](N)CN1c1cc(C)nc(N2CCCCC2)n1. The number of amides is 1. The molecular weight excluding hydrogens is 292 g/mol. The van der Waals surface area contributed by atoms with Gasteiger partial charge in [-0.15, -0.1) is 0 Å². The lowest BCUT2D eigenvalue weighted by Gasteiger charge is -2.29. The summed E-state index contributed by atoms with van der Waals surface area (Å²) in [5, 5.41) is 2.73. The van der Waals surface area contributed by atoms with E-state index in [-0.39, 0.29) is 18.0 Å². The van der Waals surface area contributed by atoms with Crippen LogP contribution in [0.3, 0.4) is 0 Å². The van der Waals surface area contributed by atoms with Crippen LogP contribution in [0.25, 0.3) is 0 Å². The van der Waals surface area contributed by atoms with Gasteiger partial charge in [-0.2, -0.15) is 4.98 Å². The van der Waals surface area contributed by atoms with Crippen LogP contribution in [0, 0.1) is 6.92 Å². The molecule has 1 amide bonds. The third kappa shape index (κ3) is 3.39. The molecule has 3 N–H and O–H groups in total. The molecule has 0 unspecified atom stereocenters. The number of aryl methyl sites for hydroxylation is 1. The lowest BCUT2D eigenvalue weighted by atomic mass is 10.1. The Morgan fingerprint density at radius 1 is 1.30 bits per heavy atom. The summed E-state index contributed by atoms with van der Waals surface area (Å²) in [7, 11) is 1.66. The molecule has 0 saturated carbocycles. The van der Waals surface area contributed by atoms with Crippen molar-refractivity contribution < 1.29 is 4.79 Å². The highest BCUT2D eigenvalue weighted by Crippen LogP contribution is 2.26. The number of nitrogens with one attached hydrogen (secondary N) is 1. The van der Waals surface area contributed by atoms with E-state index in [4.69, 9.17) is 10.7 Å². The minimum atomic E-state index is -0.251. The second kappa shape index (κ2) is 6.70. The van der Waals surface area contributed by atoms with Gasteiger partial charge in [0.15, 0.2) is 0 Å². The Hall–Kier alpha value is -1.89. The fourth-order valence-electron chi connectivity index (χ4n) is 3.46. The van der Waals surface area contributed by atoms with Crippen LogP contribution in [-0.4, -0.2) is 54.6 Å². The monoisotopic (exact) mass is 318 g/mol. The Labute approximate surface area is 137 Å². The standard InChI is InChI=1S/C16H26N6O/c1-11-8-14(20-16(19-11)21-6-4-3-5-7-21)22-10-12(17)9-13(22)15(23)18-2/h8,12-13H,3-7,9-10,17H2,1-2H3,(H,18,23)/t12-,13+/m1/s1. The van der Waals surface area contributed by atoms with Crippen LogP contribution in [0.4, 0.5) is 11.8 Å². The maximum absolute atomic E-state index is 12.2. The normalized spacial score (nSPS) is 24.8. The second-order valence-electron chi connectivity index (χ2n) is 6.49. The zero-order chi connectivity index (χ0) is 16.4. The molecule has 3 heterocycles. The molecule has 7 heteroatoms. The van der Waals surface area contributed by atoms with Gasteiger partial charge in [0.1, 0.15) is 11.9 Å². The van der Waals surface area contributed by atoms with Crippen LogP contribution in [0.5, 0.6) is 0 Å². The Morgan fingerprint density at radius 2 is 2.04 bits per heavy atom. The number of likely N-dealkylation sites (N-methyl/N-ethyl adjacent to an activating group) is 1. The number of carbonyl (C=O) groups is 1. The lowest BCUT2D eigenvalue weighted by Crippen LogP contribution is -2.42. The maximum Gasteiger partial charge on any atom is 0.242 e. The lowest BCUT2D eigenvalue weighted by molar-refractivity contribution is -0.121. The summed E-state index contributed by atoms with van der Waals surface area (Å²) in [6, 6.07) is 1.69. The molecule has 0 radical (unpaired) electrons. The number of carbonyl (C=O) groups excluding carboxylic acids is 1. The summed E-state index contributed by atoms with van der Waals surface area (Å²) >= 11 is 0. The van der Waals surface area contributed by atoms with Gasteiger partial charge in [0.25, 0.3) is 0 Å². The van der Waals surface area contributed by atoms with Crippen LogP contribution >= 0.6 is 0 Å². The highest BCUT2D eigenvalue weighted by molar-refractivity contribution is 5.85. The van der Waals surface area contributed by atoms with Gasteiger partial charge in [-0.3, -0.25) is 4.79 Å². The van der Waals surface area contributed by atoms with Crippen molar-refractivity contribution in [1.29, 1.82) is 0 Å². The number of hydrogen-bond acceptors (Lipinski definition) is 6. The van der Waals surface area contributed by atoms with Crippen molar-refractivity contribution in [2.24, 2.45) is 5.73 Å². The minimum Gasteiger partial charge on any atom is -0.357 e. The van der Waals surface area contributed by atoms with Gasteiger partial charge in [-0.1, -0.05) is 0 Å². The predicted octanol–water partition coefficient (Wildman–Crippen LogP) is 0.427. The Balaban J connectivity index is 1.89. The van der Waals surface area contributed by atoms with Crippen molar-refractivity contribution in [2.45, 2.75) is 44.7 Å². The van der Waals surface area contributed by atoms with Crippen molar-refractivity contribution in [3.05, 3.63) is 11.8 Å². The Morgan fingerprint density at radius 3 is 2.74 bits per heavy atom. The molecule has 2 atom stereocenters. The van der Waals surface area contributed by atoms with Gasteiger partial charge in [0.2, 0.25) is 11.9 Å². The van der Waals surface area contributed by atoms with Crippen LogP contribution in [0.15, 0.2) is 6.07 Å². The van der Waals surface area contributed by atoms with E-state index in [0.29, 0.717) is 13.0 Å². The Bertz CT molecular complexity index is 572. The number of nitrogens with zero attached hydrogens (tertiary/aromatic N) is 4. The first kappa shape index (κ1) is 16.0. The molecule has 1 aromatic heterocycles. The third-order valence-corrected chi connectivity index (χ3v) is 4.64. The predicted molar refractivity (Wildman–Crippen MR) is 90.6 cm³/mol. The molecule has 1 aromatic rings. The number of anilines is 2. The van der Waals surface area contributed by atoms with Crippen molar-refractivity contribution >= 4 is 17.7 Å². The van der Waals surface area contributed by atoms with Crippen LogP contribution in [0.1, 0.15) is 31.4 Å². The summed E-state index contributed by atoms with van der Waals surface area (Å²) < 4.78 is 0. The van der Waals surface area contributed by atoms with Gasteiger partial charge in [0, 0.05) is 44.5 Å². The van der Waals surface area contributed by atoms with Gasteiger partial charge >= 0.3 is 0 Å². The number of nitrogens with two attached hydrogens (primary N) is 1. The molecule has 0 aliphatic carbocycles. The third-order valence-electron chi connectivity index (χ3n) is 4.64. The van der Waals surface area contributed by atoms with E-state index in [2.05, 4.69) is 15.2 Å². The fourth-order valence-corrected chi connectivity index (χ4v) is 3.46. The van der Waals surface area contributed by atoms with E-state index in [1.54, 1.807) is 7.05 Å². The highest BCUT2D eigenvalue weighted by atomic mass is 16.2. The first-order valence-corrected chi connectivity index (χ1v) is 8.43. The van der Waals surface area contributed by atoms with E-state index in [1.807, 2.05) is 17.9 Å². The van der Waals surface area contributed by atoms with Gasteiger partial charge < -0.3 is 20.9 Å². The Kier molecular flexibility index (Phi) is 4.66. The molecule has 126 valence electrons. The van der Waals surface area contributed by atoms with E-state index >= 15 is 0 Å². The van der Waals surface area contributed by atoms with Crippen molar-refractivity contribution in [3.8, 4) is 0 Å². The topological polar surface area (TPSA) is 87.4 Å². The van der Waals surface area contributed by atoms with E-state index in [1.165, 1.54) is 19.3 Å². The number of piperidine rings is 1. The van der Waals surface area contributed by atoms with Crippen molar-refractivity contribution in [2.75, 3.05) is 36.5 Å². The first-order valence-electron chi connectivity index (χ1n) is 8.43. The van der Waals surface area contributed by atoms with Crippen LogP contribution in [0.2, 0.25) is 0 Å². The highest BCUT2D eigenvalue weighted by Gasteiger charge is 2.36. The molecular formula is C16H26N6O. The van der Waals surface area contributed by atoms with E-state index < -0.39 is 0 Å². The first-order chi connectivity index (χ1) is 11.1. The van der Waals surface area contributed by atoms with Gasteiger partial charge in [0.05, 0.1) is 0 Å². The second-order valence-corrected chi connectivity index (χ2v) is 6.49. The van der Waals surface area contributed by atoms with E-state index in [9.17, 15) is 4.79 Å². The molecule has 2 fully saturated rings. The van der Waals surface area contributed by atoms with Gasteiger partial charge in [-0.05, 0) is 32.6 Å². The number of aromatic nitrogens is 2. The van der Waals surface area contributed by atoms with Crippen LogP contribution in [-0.2, 0) is 4.79 Å². The summed E-state index contributed by atoms with van der Waals surface area (Å²) in [5.74, 6) is 1.57. The largest absolute Gasteiger partial charge is 0.357 e. The zero-order valence-corrected chi connectivity index (χ0v) is 14.0. The smallest absolute Gasteiger partial charge is 0.242 e. The van der Waals surface area contributed by atoms with E-state index in [0.717, 1.165) is 30.5 Å². The molecule has 2 aliphatic rings. The molecule has 2 aliphatic heterocycles. The summed E-state index contributed by atoms with van der Waals surface area (Å²) in [6.45, 7) is 4.63. The molecule has 0 spiro atoms. The van der Waals surface area contributed by atoms with Gasteiger partial charge in [-0.25, -0.2) is 4.98 Å². The summed E-state index contributed by atoms with van der Waals surface area (Å²) in [6.07, 6.45) is 4.29. The number of hydrogen-bond donors (Lipinski definition) is 2. The molecule has 0 aromatic carbocycles. The maximum atomic E-state index is 12.2.